The number of benzene rings is 2. The monoisotopic (exact) mass is 394 g/mol. The molecule has 150 valence electrons. The number of esters is 1. The number of amides is 1. The van der Waals surface area contributed by atoms with Crippen LogP contribution in [0.4, 0.5) is 4.79 Å². The van der Waals surface area contributed by atoms with Gasteiger partial charge in [0.2, 0.25) is 0 Å². The van der Waals surface area contributed by atoms with Gasteiger partial charge in [0.15, 0.2) is 6.61 Å². The Morgan fingerprint density at radius 1 is 1.10 bits per heavy atom. The van der Waals surface area contributed by atoms with Crippen LogP contribution in [0, 0.1) is 23.2 Å². The second kappa shape index (κ2) is 9.60. The lowest BCUT2D eigenvalue weighted by atomic mass is 9.89. The largest absolute Gasteiger partial charge is 0.479 e. The van der Waals surface area contributed by atoms with Crippen LogP contribution < -0.4 is 9.47 Å². The predicted octanol–water partition coefficient (Wildman–Crippen LogP) is 3.05. The van der Waals surface area contributed by atoms with E-state index in [1.165, 1.54) is 12.0 Å². The fourth-order valence-electron chi connectivity index (χ4n) is 3.48. The van der Waals surface area contributed by atoms with E-state index in [-0.39, 0.29) is 25.0 Å². The van der Waals surface area contributed by atoms with Gasteiger partial charge in [0.1, 0.15) is 17.6 Å². The van der Waals surface area contributed by atoms with Crippen molar-refractivity contribution in [2.75, 3.05) is 26.8 Å². The summed E-state index contributed by atoms with van der Waals surface area (Å²) in [6, 6.07) is 18.1. The summed E-state index contributed by atoms with van der Waals surface area (Å²) >= 11 is 0. The van der Waals surface area contributed by atoms with Gasteiger partial charge in [-0.25, -0.2) is 4.79 Å². The van der Waals surface area contributed by atoms with E-state index in [4.69, 9.17) is 19.5 Å². The summed E-state index contributed by atoms with van der Waals surface area (Å²) in [6.07, 6.45) is 0.0808. The van der Waals surface area contributed by atoms with Crippen LogP contribution in [-0.2, 0) is 16.0 Å². The van der Waals surface area contributed by atoms with Gasteiger partial charge >= 0.3 is 12.1 Å². The van der Waals surface area contributed by atoms with Gasteiger partial charge in [0, 0.05) is 13.1 Å². The zero-order valence-electron chi connectivity index (χ0n) is 16.1. The number of rotatable bonds is 6. The highest BCUT2D eigenvalue weighted by molar-refractivity contribution is 5.77. The van der Waals surface area contributed by atoms with Gasteiger partial charge in [-0.05, 0) is 42.2 Å². The maximum Gasteiger partial charge on any atom is 0.415 e. The van der Waals surface area contributed by atoms with E-state index in [1.54, 1.807) is 30.3 Å². The third kappa shape index (κ3) is 5.26. The van der Waals surface area contributed by atoms with Crippen molar-refractivity contribution in [2.24, 2.45) is 11.8 Å². The molecule has 3 rings (SSSR count). The van der Waals surface area contributed by atoms with Gasteiger partial charge < -0.3 is 19.1 Å². The predicted molar refractivity (Wildman–Crippen MR) is 104 cm³/mol. The smallest absolute Gasteiger partial charge is 0.415 e. The van der Waals surface area contributed by atoms with Gasteiger partial charge in [-0.2, -0.15) is 5.26 Å². The van der Waals surface area contributed by atoms with Crippen LogP contribution in [0.15, 0.2) is 54.6 Å². The average molecular weight is 394 g/mol. The third-order valence-corrected chi connectivity index (χ3v) is 4.85. The van der Waals surface area contributed by atoms with Crippen molar-refractivity contribution in [3.05, 3.63) is 60.2 Å². The first kappa shape index (κ1) is 20.2. The summed E-state index contributed by atoms with van der Waals surface area (Å²) < 4.78 is 15.7. The third-order valence-electron chi connectivity index (χ3n) is 4.85. The van der Waals surface area contributed by atoms with Crippen molar-refractivity contribution in [2.45, 2.75) is 6.42 Å². The number of methoxy groups -OCH3 is 1. The SMILES string of the molecule is COC(=O)[C@H]1CN(C(=O)Oc2ccccc2)CC1Cc1cccc(OCC#N)c1. The van der Waals surface area contributed by atoms with Gasteiger partial charge in [0.05, 0.1) is 13.0 Å². The first-order valence-electron chi connectivity index (χ1n) is 9.29. The standard InChI is InChI=1S/C22H22N2O5/c1-27-21(25)20-15-24(22(26)29-18-7-3-2-4-8-18)14-17(20)12-16-6-5-9-19(13-16)28-11-10-23/h2-9,13,17,20H,11-12,14-15H2,1H3/t17?,20-/m0/s1. The fraction of sp³-hybridized carbons (Fsp3) is 0.318. The molecule has 1 amide bonds. The summed E-state index contributed by atoms with van der Waals surface area (Å²) in [7, 11) is 1.35. The van der Waals surface area contributed by atoms with E-state index in [0.717, 1.165) is 5.56 Å². The number of para-hydroxylation sites is 1. The minimum absolute atomic E-state index is 0.0310. The Morgan fingerprint density at radius 2 is 1.86 bits per heavy atom. The molecule has 1 aliphatic heterocycles. The zero-order chi connectivity index (χ0) is 20.6. The number of nitriles is 1. The minimum atomic E-state index is -0.487. The molecule has 7 heteroatoms. The Hall–Kier alpha value is -3.53. The molecule has 29 heavy (non-hydrogen) atoms. The zero-order valence-corrected chi connectivity index (χ0v) is 16.1. The topological polar surface area (TPSA) is 88.9 Å². The molecule has 0 N–H and O–H groups in total. The lowest BCUT2D eigenvalue weighted by Gasteiger charge is -2.16. The van der Waals surface area contributed by atoms with E-state index < -0.39 is 12.0 Å². The van der Waals surface area contributed by atoms with E-state index in [2.05, 4.69) is 0 Å². The van der Waals surface area contributed by atoms with Crippen LogP contribution >= 0.6 is 0 Å². The van der Waals surface area contributed by atoms with Gasteiger partial charge in [0.25, 0.3) is 0 Å². The summed E-state index contributed by atoms with van der Waals surface area (Å²) in [5.74, 6) is 0.154. The molecule has 2 atom stereocenters. The Kier molecular flexibility index (Phi) is 6.69. The fourth-order valence-corrected chi connectivity index (χ4v) is 3.48. The molecular weight excluding hydrogens is 372 g/mol. The highest BCUT2D eigenvalue weighted by Gasteiger charge is 2.41. The van der Waals surface area contributed by atoms with E-state index in [9.17, 15) is 9.59 Å². The molecule has 0 aromatic heterocycles. The van der Waals surface area contributed by atoms with Crippen molar-refractivity contribution in [1.29, 1.82) is 5.26 Å². The molecule has 0 bridgehead atoms. The highest BCUT2D eigenvalue weighted by Crippen LogP contribution is 2.29. The normalized spacial score (nSPS) is 18.0. The van der Waals surface area contributed by atoms with Crippen LogP contribution in [0.5, 0.6) is 11.5 Å². The number of hydrogen-bond acceptors (Lipinski definition) is 6. The molecule has 7 nitrogen and oxygen atoms in total. The molecule has 0 aliphatic carbocycles. The van der Waals surface area contributed by atoms with Crippen molar-refractivity contribution >= 4 is 12.1 Å². The molecule has 0 saturated carbocycles. The molecule has 1 unspecified atom stereocenters. The van der Waals surface area contributed by atoms with Crippen molar-refractivity contribution < 1.29 is 23.8 Å². The summed E-state index contributed by atoms with van der Waals surface area (Å²) in [4.78, 5) is 26.4. The number of carbonyl (C=O) groups is 2. The Bertz CT molecular complexity index is 894. The molecule has 2 aromatic carbocycles. The maximum absolute atomic E-state index is 12.5. The molecule has 0 radical (unpaired) electrons. The van der Waals surface area contributed by atoms with Crippen LogP contribution in [0.1, 0.15) is 5.56 Å². The summed E-state index contributed by atoms with van der Waals surface area (Å²) in [6.45, 7) is 0.596. The first-order valence-corrected chi connectivity index (χ1v) is 9.29. The average Bonchev–Trinajstić information content (AvgIpc) is 3.16. The maximum atomic E-state index is 12.5. The van der Waals surface area contributed by atoms with Gasteiger partial charge in [-0.3, -0.25) is 4.79 Å². The number of hydrogen-bond donors (Lipinski definition) is 0. The Labute approximate surface area is 169 Å². The second-order valence-electron chi connectivity index (χ2n) is 6.77. The summed E-state index contributed by atoms with van der Waals surface area (Å²) in [5.41, 5.74) is 0.956. The molecular formula is C22H22N2O5. The van der Waals surface area contributed by atoms with Crippen molar-refractivity contribution in [3.63, 3.8) is 0 Å². The summed E-state index contributed by atoms with van der Waals surface area (Å²) in [5, 5.41) is 8.66. The molecule has 0 spiro atoms. The highest BCUT2D eigenvalue weighted by atomic mass is 16.6. The Balaban J connectivity index is 1.70. The van der Waals surface area contributed by atoms with Crippen molar-refractivity contribution in [3.8, 4) is 17.6 Å². The molecule has 1 fully saturated rings. The quantitative estimate of drug-likeness (QED) is 0.700. The van der Waals surface area contributed by atoms with Crippen LogP contribution in [0.3, 0.4) is 0 Å². The van der Waals surface area contributed by atoms with Gasteiger partial charge in [-0.15, -0.1) is 0 Å². The van der Waals surface area contributed by atoms with Crippen LogP contribution in [0.25, 0.3) is 0 Å². The molecule has 1 saturated heterocycles. The number of likely N-dealkylation sites (tertiary alicyclic amines) is 1. The lowest BCUT2D eigenvalue weighted by molar-refractivity contribution is -0.146. The molecule has 2 aromatic rings. The van der Waals surface area contributed by atoms with Crippen LogP contribution in [-0.4, -0.2) is 43.8 Å². The number of carbonyl (C=O) groups excluding carboxylic acids is 2. The van der Waals surface area contributed by atoms with E-state index in [0.29, 0.717) is 24.5 Å². The minimum Gasteiger partial charge on any atom is -0.479 e. The Morgan fingerprint density at radius 3 is 2.59 bits per heavy atom. The first-order chi connectivity index (χ1) is 14.1. The van der Waals surface area contributed by atoms with Crippen LogP contribution in [0.2, 0.25) is 0 Å². The lowest BCUT2D eigenvalue weighted by Crippen LogP contribution is -2.32. The van der Waals surface area contributed by atoms with E-state index in [1.807, 2.05) is 30.3 Å². The number of nitrogens with zero attached hydrogens (tertiary/aromatic N) is 2. The second-order valence-corrected chi connectivity index (χ2v) is 6.77. The van der Waals surface area contributed by atoms with Gasteiger partial charge in [-0.1, -0.05) is 30.3 Å². The molecule has 1 heterocycles. The van der Waals surface area contributed by atoms with Crippen molar-refractivity contribution in [1.82, 2.24) is 4.90 Å². The number of ether oxygens (including phenoxy) is 3. The van der Waals surface area contributed by atoms with E-state index >= 15 is 0 Å². The molecule has 1 aliphatic rings.